The summed E-state index contributed by atoms with van der Waals surface area (Å²) >= 11 is 0. The van der Waals surface area contributed by atoms with Crippen LogP contribution in [0, 0.1) is 5.92 Å². The summed E-state index contributed by atoms with van der Waals surface area (Å²) in [6.45, 7) is 0.759. The van der Waals surface area contributed by atoms with Gasteiger partial charge in [0.05, 0.1) is 21.7 Å². The Labute approximate surface area is 158 Å². The highest BCUT2D eigenvalue weighted by atomic mass is 32.2. The third-order valence-electron chi connectivity index (χ3n) is 5.22. The number of carbonyl (C=O) groups is 2. The minimum Gasteiger partial charge on any atom is -0.369 e. The maximum atomic E-state index is 12.8. The third kappa shape index (κ3) is 4.16. The highest BCUT2D eigenvalue weighted by molar-refractivity contribution is 7.96. The van der Waals surface area contributed by atoms with Crippen molar-refractivity contribution >= 4 is 31.5 Å². The van der Waals surface area contributed by atoms with Crippen LogP contribution in [0.5, 0.6) is 0 Å². The number of nitrogens with two attached hydrogens (primary N) is 1. The van der Waals surface area contributed by atoms with E-state index in [1.807, 2.05) is 0 Å². The van der Waals surface area contributed by atoms with Crippen molar-refractivity contribution in [2.24, 2.45) is 11.7 Å². The lowest BCUT2D eigenvalue weighted by Crippen LogP contribution is -2.41. The van der Waals surface area contributed by atoms with Crippen molar-refractivity contribution in [2.45, 2.75) is 29.4 Å². The van der Waals surface area contributed by atoms with Gasteiger partial charge in [-0.2, -0.15) is 0 Å². The monoisotopic (exact) mass is 414 g/mol. The summed E-state index contributed by atoms with van der Waals surface area (Å²) in [7, 11) is -7.16. The van der Waals surface area contributed by atoms with Gasteiger partial charge >= 0.3 is 0 Å². The zero-order chi connectivity index (χ0) is 19.8. The van der Waals surface area contributed by atoms with Gasteiger partial charge in [-0.1, -0.05) is 6.07 Å². The topological polar surface area (TPSA) is 132 Å². The Hall–Kier alpha value is -1.94. The molecule has 2 aliphatic rings. The van der Waals surface area contributed by atoms with Gasteiger partial charge in [0, 0.05) is 24.6 Å². The van der Waals surface area contributed by atoms with Crippen LogP contribution in [-0.4, -0.2) is 63.4 Å². The molecule has 2 aliphatic heterocycles. The Bertz CT molecular complexity index is 963. The van der Waals surface area contributed by atoms with E-state index in [1.165, 1.54) is 24.3 Å². The summed E-state index contributed by atoms with van der Waals surface area (Å²) in [5.41, 5.74) is 5.53. The van der Waals surface area contributed by atoms with Gasteiger partial charge in [-0.25, -0.2) is 16.8 Å². The molecule has 2 N–H and O–H groups in total. The first-order valence-electron chi connectivity index (χ1n) is 8.73. The summed E-state index contributed by atoms with van der Waals surface area (Å²) in [5.74, 6) is -1.45. The van der Waals surface area contributed by atoms with Crippen LogP contribution in [0.1, 0.15) is 29.6 Å². The van der Waals surface area contributed by atoms with Crippen LogP contribution >= 0.6 is 0 Å². The van der Waals surface area contributed by atoms with E-state index in [9.17, 15) is 26.4 Å². The number of rotatable bonds is 4. The minimum absolute atomic E-state index is 0.0394. The lowest BCUT2D eigenvalue weighted by Gasteiger charge is -2.30. The molecule has 148 valence electrons. The molecule has 1 aromatic rings. The van der Waals surface area contributed by atoms with Crippen molar-refractivity contribution in [1.82, 2.24) is 4.90 Å². The third-order valence-corrected chi connectivity index (χ3v) is 9.39. The molecule has 2 amide bonds. The molecule has 0 aliphatic carbocycles. The van der Waals surface area contributed by atoms with Gasteiger partial charge < -0.3 is 10.6 Å². The SMILES string of the molecule is NC(=O)C1CCN(C(=O)c2cccc(S(=O)(=O)C3CCS(=O)(=O)C3)c2)CC1. The van der Waals surface area contributed by atoms with Crippen LogP contribution in [0.3, 0.4) is 0 Å². The highest BCUT2D eigenvalue weighted by Crippen LogP contribution is 2.26. The van der Waals surface area contributed by atoms with Crippen LogP contribution in [0.25, 0.3) is 0 Å². The fraction of sp³-hybridized carbons (Fsp3) is 0.529. The first kappa shape index (κ1) is 19.8. The fourth-order valence-corrected chi connectivity index (χ4v) is 7.96. The molecule has 2 heterocycles. The lowest BCUT2D eigenvalue weighted by atomic mass is 9.96. The van der Waals surface area contributed by atoms with Crippen molar-refractivity contribution in [2.75, 3.05) is 24.6 Å². The molecule has 10 heteroatoms. The first-order valence-corrected chi connectivity index (χ1v) is 12.1. The average Bonchev–Trinajstić information content (AvgIpc) is 3.02. The second-order valence-corrected chi connectivity index (χ2v) is 11.5. The molecular formula is C17H22N2O6S2. The van der Waals surface area contributed by atoms with Gasteiger partial charge in [-0.3, -0.25) is 9.59 Å². The summed E-state index contributed by atoms with van der Waals surface area (Å²) in [5, 5.41) is -0.973. The second-order valence-electron chi connectivity index (χ2n) is 7.07. The number of hydrogen-bond acceptors (Lipinski definition) is 6. The number of piperidine rings is 1. The van der Waals surface area contributed by atoms with E-state index in [1.54, 1.807) is 4.90 Å². The summed E-state index contributed by atoms with van der Waals surface area (Å²) in [4.78, 5) is 25.5. The molecule has 0 radical (unpaired) electrons. The molecule has 2 saturated heterocycles. The Kier molecular flexibility index (Phi) is 5.31. The van der Waals surface area contributed by atoms with Gasteiger partial charge in [0.2, 0.25) is 5.91 Å². The number of primary amides is 1. The largest absolute Gasteiger partial charge is 0.369 e. The highest BCUT2D eigenvalue weighted by Gasteiger charge is 2.38. The summed E-state index contributed by atoms with van der Waals surface area (Å²) in [6, 6.07) is 5.71. The maximum Gasteiger partial charge on any atom is 0.253 e. The molecule has 3 rings (SSSR count). The van der Waals surface area contributed by atoms with Gasteiger partial charge in [0.15, 0.2) is 19.7 Å². The van der Waals surface area contributed by atoms with E-state index in [0.29, 0.717) is 25.9 Å². The number of carbonyl (C=O) groups excluding carboxylic acids is 2. The van der Waals surface area contributed by atoms with Crippen molar-refractivity contribution in [3.8, 4) is 0 Å². The molecule has 0 spiro atoms. The minimum atomic E-state index is -3.83. The van der Waals surface area contributed by atoms with Gasteiger partial charge in [0.25, 0.3) is 5.91 Å². The predicted molar refractivity (Wildman–Crippen MR) is 98.5 cm³/mol. The number of hydrogen-bond donors (Lipinski definition) is 1. The molecule has 0 bridgehead atoms. The van der Waals surface area contributed by atoms with Gasteiger partial charge in [-0.15, -0.1) is 0 Å². The molecule has 0 saturated carbocycles. The smallest absolute Gasteiger partial charge is 0.253 e. The van der Waals surface area contributed by atoms with E-state index in [2.05, 4.69) is 0 Å². The Balaban J connectivity index is 1.78. The van der Waals surface area contributed by atoms with Crippen LogP contribution in [0.15, 0.2) is 29.2 Å². The van der Waals surface area contributed by atoms with Crippen molar-refractivity contribution in [3.63, 3.8) is 0 Å². The van der Waals surface area contributed by atoms with Crippen molar-refractivity contribution < 1.29 is 26.4 Å². The number of amides is 2. The summed E-state index contributed by atoms with van der Waals surface area (Å²) in [6.07, 6.45) is 1.04. The maximum absolute atomic E-state index is 12.8. The van der Waals surface area contributed by atoms with Crippen molar-refractivity contribution in [3.05, 3.63) is 29.8 Å². The van der Waals surface area contributed by atoms with Crippen LogP contribution in [-0.2, 0) is 24.5 Å². The molecule has 1 atom stereocenters. The average molecular weight is 415 g/mol. The zero-order valence-electron chi connectivity index (χ0n) is 14.7. The number of nitrogens with zero attached hydrogens (tertiary/aromatic N) is 1. The molecule has 1 unspecified atom stereocenters. The van der Waals surface area contributed by atoms with Crippen LogP contribution < -0.4 is 5.73 Å². The Morgan fingerprint density at radius 2 is 1.78 bits per heavy atom. The van der Waals surface area contributed by atoms with Crippen molar-refractivity contribution in [1.29, 1.82) is 0 Å². The van der Waals surface area contributed by atoms with Gasteiger partial charge in [-0.05, 0) is 37.5 Å². The quantitative estimate of drug-likeness (QED) is 0.737. The Morgan fingerprint density at radius 3 is 2.33 bits per heavy atom. The number of benzene rings is 1. The normalized spacial score (nSPS) is 23.3. The van der Waals surface area contributed by atoms with Crippen LogP contribution in [0.4, 0.5) is 0 Å². The zero-order valence-corrected chi connectivity index (χ0v) is 16.3. The number of likely N-dealkylation sites (tertiary alicyclic amines) is 1. The number of sulfone groups is 2. The molecule has 8 nitrogen and oxygen atoms in total. The predicted octanol–water partition coefficient (Wildman–Crippen LogP) is -0.0151. The van der Waals surface area contributed by atoms with E-state index < -0.39 is 24.9 Å². The molecule has 1 aromatic carbocycles. The standard InChI is InChI=1S/C17H22N2O6S2/c18-16(20)12-4-7-19(8-5-12)17(21)13-2-1-3-14(10-13)27(24,25)15-6-9-26(22,23)11-15/h1-3,10,12,15H,4-9,11H2,(H2,18,20). The van der Waals surface area contributed by atoms with E-state index in [-0.39, 0.29) is 46.1 Å². The van der Waals surface area contributed by atoms with E-state index >= 15 is 0 Å². The second kappa shape index (κ2) is 7.23. The molecule has 27 heavy (non-hydrogen) atoms. The summed E-state index contributed by atoms with van der Waals surface area (Å²) < 4.78 is 48.7. The molecule has 0 aromatic heterocycles. The molecule has 2 fully saturated rings. The fourth-order valence-electron chi connectivity index (χ4n) is 3.55. The first-order chi connectivity index (χ1) is 12.6. The van der Waals surface area contributed by atoms with Gasteiger partial charge in [0.1, 0.15) is 0 Å². The van der Waals surface area contributed by atoms with E-state index in [4.69, 9.17) is 5.73 Å². The van der Waals surface area contributed by atoms with E-state index in [0.717, 1.165) is 0 Å². The lowest BCUT2D eigenvalue weighted by molar-refractivity contribution is -0.123. The van der Waals surface area contributed by atoms with Crippen LogP contribution in [0.2, 0.25) is 0 Å². The molecular weight excluding hydrogens is 392 g/mol. The Morgan fingerprint density at radius 1 is 1.11 bits per heavy atom.